The van der Waals surface area contributed by atoms with Crippen LogP contribution in [-0.4, -0.2) is 25.5 Å². The van der Waals surface area contributed by atoms with E-state index in [1.54, 1.807) is 0 Å². The number of ketones is 1. The Kier molecular flexibility index (Phi) is 5.13. The molecular weight excluding hydrogens is 342 g/mol. The SMILES string of the molecule is CCOc1ccccc1[C@@H]1C(C(=O)OC)=C(C)NC2=C1C(=O)CC(C)(C)C2. The van der Waals surface area contributed by atoms with Crippen LogP contribution in [-0.2, 0) is 14.3 Å². The number of dihydropyridines is 1. The molecule has 2 aliphatic rings. The molecular formula is C22H27NO4. The molecule has 0 bridgehead atoms. The summed E-state index contributed by atoms with van der Waals surface area (Å²) in [5.41, 5.74) is 3.46. The van der Waals surface area contributed by atoms with Crippen LogP contribution in [0.3, 0.4) is 0 Å². The monoisotopic (exact) mass is 369 g/mol. The van der Waals surface area contributed by atoms with Crippen molar-refractivity contribution in [2.24, 2.45) is 5.41 Å². The summed E-state index contributed by atoms with van der Waals surface area (Å²) in [6.07, 6.45) is 1.21. The highest BCUT2D eigenvalue weighted by atomic mass is 16.5. The van der Waals surface area contributed by atoms with Crippen LogP contribution in [0.25, 0.3) is 0 Å². The number of carbonyl (C=O) groups excluding carboxylic acids is 2. The fraction of sp³-hybridized carbons (Fsp3) is 0.455. The molecule has 1 aromatic carbocycles. The van der Waals surface area contributed by atoms with Crippen molar-refractivity contribution in [2.45, 2.75) is 46.5 Å². The van der Waals surface area contributed by atoms with Crippen molar-refractivity contribution in [1.29, 1.82) is 0 Å². The molecule has 0 saturated heterocycles. The van der Waals surface area contributed by atoms with Crippen LogP contribution in [0.2, 0.25) is 0 Å². The number of rotatable bonds is 4. The molecule has 1 aliphatic heterocycles. The number of allylic oxidation sites excluding steroid dienone is 3. The quantitative estimate of drug-likeness (QED) is 0.817. The van der Waals surface area contributed by atoms with Crippen LogP contribution >= 0.6 is 0 Å². The van der Waals surface area contributed by atoms with Crippen LogP contribution < -0.4 is 10.1 Å². The predicted molar refractivity (Wildman–Crippen MR) is 103 cm³/mol. The first-order valence-corrected chi connectivity index (χ1v) is 9.33. The lowest BCUT2D eigenvalue weighted by atomic mass is 9.68. The van der Waals surface area contributed by atoms with Crippen LogP contribution in [0.1, 0.15) is 52.0 Å². The summed E-state index contributed by atoms with van der Waals surface area (Å²) in [6.45, 7) is 8.47. The summed E-state index contributed by atoms with van der Waals surface area (Å²) in [5, 5.41) is 3.32. The van der Waals surface area contributed by atoms with Gasteiger partial charge in [0.1, 0.15) is 5.75 Å². The Bertz CT molecular complexity index is 848. The first kappa shape index (κ1) is 19.2. The van der Waals surface area contributed by atoms with Gasteiger partial charge in [0.05, 0.1) is 25.2 Å². The highest BCUT2D eigenvalue weighted by molar-refractivity contribution is 6.04. The number of esters is 1. The van der Waals surface area contributed by atoms with Crippen molar-refractivity contribution in [1.82, 2.24) is 5.32 Å². The third kappa shape index (κ3) is 3.51. The van der Waals surface area contributed by atoms with E-state index in [9.17, 15) is 9.59 Å². The van der Waals surface area contributed by atoms with Gasteiger partial charge in [-0.25, -0.2) is 4.79 Å². The van der Waals surface area contributed by atoms with Crippen molar-refractivity contribution in [3.05, 3.63) is 52.4 Å². The summed E-state index contributed by atoms with van der Waals surface area (Å²) in [6, 6.07) is 7.60. The molecule has 0 spiro atoms. The fourth-order valence-electron chi connectivity index (χ4n) is 4.13. The van der Waals surface area contributed by atoms with Gasteiger partial charge >= 0.3 is 5.97 Å². The second-order valence-electron chi connectivity index (χ2n) is 7.89. The number of methoxy groups -OCH3 is 1. The van der Waals surface area contributed by atoms with E-state index in [0.29, 0.717) is 29.9 Å². The molecule has 0 saturated carbocycles. The zero-order valence-corrected chi connectivity index (χ0v) is 16.6. The number of para-hydroxylation sites is 1. The molecule has 0 amide bonds. The number of Topliss-reactive ketones (excluding diaryl/α,β-unsaturated/α-hetero) is 1. The highest BCUT2D eigenvalue weighted by Gasteiger charge is 2.43. The third-order valence-corrected chi connectivity index (χ3v) is 5.17. The van der Waals surface area contributed by atoms with Gasteiger partial charge in [-0.05, 0) is 31.7 Å². The largest absolute Gasteiger partial charge is 0.494 e. The Morgan fingerprint density at radius 3 is 2.63 bits per heavy atom. The zero-order valence-electron chi connectivity index (χ0n) is 16.6. The molecule has 5 heteroatoms. The Labute approximate surface area is 160 Å². The minimum atomic E-state index is -0.486. The van der Waals surface area contributed by atoms with Crippen LogP contribution in [0, 0.1) is 5.41 Å². The minimum absolute atomic E-state index is 0.0685. The van der Waals surface area contributed by atoms with Gasteiger partial charge < -0.3 is 14.8 Å². The van der Waals surface area contributed by atoms with Gasteiger partial charge in [0.15, 0.2) is 5.78 Å². The van der Waals surface area contributed by atoms with Gasteiger partial charge in [-0.1, -0.05) is 32.0 Å². The average Bonchev–Trinajstić information content (AvgIpc) is 2.59. The van der Waals surface area contributed by atoms with Crippen molar-refractivity contribution in [3.8, 4) is 5.75 Å². The zero-order chi connectivity index (χ0) is 19.8. The number of carbonyl (C=O) groups is 2. The molecule has 27 heavy (non-hydrogen) atoms. The van der Waals surface area contributed by atoms with Crippen LogP contribution in [0.4, 0.5) is 0 Å². The molecule has 0 unspecified atom stereocenters. The predicted octanol–water partition coefficient (Wildman–Crippen LogP) is 3.86. The van der Waals surface area contributed by atoms with Gasteiger partial charge in [0.25, 0.3) is 0 Å². The number of nitrogens with one attached hydrogen (secondary N) is 1. The van der Waals surface area contributed by atoms with Crippen LogP contribution in [0.15, 0.2) is 46.8 Å². The van der Waals surface area contributed by atoms with Crippen molar-refractivity contribution in [3.63, 3.8) is 0 Å². The maximum absolute atomic E-state index is 13.1. The normalized spacial score (nSPS) is 21.5. The molecule has 3 rings (SSSR count). The Hall–Kier alpha value is -2.56. The molecule has 0 aromatic heterocycles. The molecule has 5 nitrogen and oxygen atoms in total. The number of benzene rings is 1. The van der Waals surface area contributed by atoms with E-state index in [4.69, 9.17) is 9.47 Å². The molecule has 1 aromatic rings. The topological polar surface area (TPSA) is 64.6 Å². The lowest BCUT2D eigenvalue weighted by Crippen LogP contribution is -2.38. The maximum Gasteiger partial charge on any atom is 0.336 e. The Morgan fingerprint density at radius 1 is 1.26 bits per heavy atom. The standard InChI is InChI=1S/C22H27NO4/c1-6-27-17-10-8-7-9-14(17)19-18(21(25)26-5)13(2)23-15-11-22(3,4)12-16(24)20(15)19/h7-10,19,23H,6,11-12H2,1-5H3/t19-/m1/s1. The number of hydrogen-bond acceptors (Lipinski definition) is 5. The van der Waals surface area contributed by atoms with E-state index in [2.05, 4.69) is 19.2 Å². The number of hydrogen-bond donors (Lipinski definition) is 1. The molecule has 0 fully saturated rings. The fourth-order valence-corrected chi connectivity index (χ4v) is 4.13. The summed E-state index contributed by atoms with van der Waals surface area (Å²) >= 11 is 0. The van der Waals surface area contributed by atoms with E-state index in [0.717, 1.165) is 23.4 Å². The number of ether oxygens (including phenoxy) is 2. The van der Waals surface area contributed by atoms with Crippen molar-refractivity contribution in [2.75, 3.05) is 13.7 Å². The smallest absolute Gasteiger partial charge is 0.336 e. The highest BCUT2D eigenvalue weighted by Crippen LogP contribution is 2.48. The Balaban J connectivity index is 2.23. The lowest BCUT2D eigenvalue weighted by molar-refractivity contribution is -0.136. The van der Waals surface area contributed by atoms with E-state index < -0.39 is 11.9 Å². The van der Waals surface area contributed by atoms with E-state index >= 15 is 0 Å². The molecule has 144 valence electrons. The van der Waals surface area contributed by atoms with Gasteiger partial charge in [-0.3, -0.25) is 4.79 Å². The summed E-state index contributed by atoms with van der Waals surface area (Å²) in [7, 11) is 1.36. The van der Waals surface area contributed by atoms with Gasteiger partial charge in [0.2, 0.25) is 0 Å². The summed E-state index contributed by atoms with van der Waals surface area (Å²) in [4.78, 5) is 25.8. The first-order valence-electron chi connectivity index (χ1n) is 9.33. The Morgan fingerprint density at radius 2 is 1.96 bits per heavy atom. The van der Waals surface area contributed by atoms with Gasteiger partial charge in [0, 0.05) is 29.0 Å². The van der Waals surface area contributed by atoms with E-state index in [1.807, 2.05) is 38.1 Å². The van der Waals surface area contributed by atoms with E-state index in [-0.39, 0.29) is 11.2 Å². The second-order valence-corrected chi connectivity index (χ2v) is 7.89. The summed E-state index contributed by atoms with van der Waals surface area (Å²) in [5.74, 6) is -0.162. The van der Waals surface area contributed by atoms with Crippen LogP contribution in [0.5, 0.6) is 5.75 Å². The second kappa shape index (κ2) is 7.22. The summed E-state index contributed by atoms with van der Waals surface area (Å²) < 4.78 is 10.9. The molecule has 1 atom stereocenters. The minimum Gasteiger partial charge on any atom is -0.494 e. The molecule has 1 heterocycles. The van der Waals surface area contributed by atoms with Crippen molar-refractivity contribution < 1.29 is 19.1 Å². The molecule has 0 radical (unpaired) electrons. The lowest BCUT2D eigenvalue weighted by Gasteiger charge is -2.39. The maximum atomic E-state index is 13.1. The molecule has 1 N–H and O–H groups in total. The third-order valence-electron chi connectivity index (χ3n) is 5.17. The van der Waals surface area contributed by atoms with Gasteiger partial charge in [-0.15, -0.1) is 0 Å². The molecule has 1 aliphatic carbocycles. The van der Waals surface area contributed by atoms with Gasteiger partial charge in [-0.2, -0.15) is 0 Å². The first-order chi connectivity index (χ1) is 12.8. The average molecular weight is 369 g/mol. The van der Waals surface area contributed by atoms with E-state index in [1.165, 1.54) is 7.11 Å². The van der Waals surface area contributed by atoms with Crippen molar-refractivity contribution >= 4 is 11.8 Å².